The van der Waals surface area contributed by atoms with Crippen LogP contribution in [0.3, 0.4) is 0 Å². The number of amides is 2. The highest BCUT2D eigenvalue weighted by atomic mass is 16.3. The van der Waals surface area contributed by atoms with E-state index in [0.717, 1.165) is 57.9 Å². The molecule has 2 amide bonds. The molecule has 9 heteroatoms. The van der Waals surface area contributed by atoms with Crippen molar-refractivity contribution < 1.29 is 14.7 Å². The van der Waals surface area contributed by atoms with Gasteiger partial charge in [-0.25, -0.2) is 4.98 Å². The zero-order valence-electron chi connectivity index (χ0n) is 20.1. The van der Waals surface area contributed by atoms with Gasteiger partial charge in [-0.3, -0.25) is 14.5 Å². The molecule has 1 aromatic heterocycles. The Hall–Kier alpha value is -2.75. The second-order valence-electron chi connectivity index (χ2n) is 10.9. The molecule has 6 rings (SSSR count). The molecule has 0 bridgehead atoms. The number of benzene rings is 1. The van der Waals surface area contributed by atoms with E-state index in [1.165, 1.54) is 11.1 Å². The van der Waals surface area contributed by atoms with E-state index in [9.17, 15) is 14.7 Å². The van der Waals surface area contributed by atoms with Crippen molar-refractivity contribution in [3.63, 3.8) is 0 Å². The van der Waals surface area contributed by atoms with Crippen LogP contribution in [-0.2, 0) is 37.1 Å². The molecule has 2 aromatic rings. The summed E-state index contributed by atoms with van der Waals surface area (Å²) in [7, 11) is 0. The van der Waals surface area contributed by atoms with Gasteiger partial charge in [0.1, 0.15) is 11.5 Å². The Morgan fingerprint density at radius 2 is 1.97 bits per heavy atom. The quantitative estimate of drug-likeness (QED) is 0.536. The van der Waals surface area contributed by atoms with Crippen LogP contribution in [0.1, 0.15) is 39.6 Å². The molecule has 186 valence electrons. The van der Waals surface area contributed by atoms with Gasteiger partial charge in [0.2, 0.25) is 5.91 Å². The van der Waals surface area contributed by atoms with E-state index in [0.29, 0.717) is 37.0 Å². The number of fused-ring (bicyclic) bond motifs is 2. The van der Waals surface area contributed by atoms with E-state index in [1.54, 1.807) is 0 Å². The first-order chi connectivity index (χ1) is 16.9. The van der Waals surface area contributed by atoms with E-state index >= 15 is 0 Å². The molecule has 2 fully saturated rings. The Morgan fingerprint density at radius 1 is 1.20 bits per heavy atom. The fourth-order valence-electron chi connectivity index (χ4n) is 6.34. The molecule has 2 atom stereocenters. The number of primary amides is 1. The van der Waals surface area contributed by atoms with Crippen LogP contribution in [0.25, 0.3) is 0 Å². The van der Waals surface area contributed by atoms with Crippen molar-refractivity contribution in [2.24, 2.45) is 17.1 Å². The normalized spacial score (nSPS) is 23.7. The molecule has 4 N–H and O–H groups in total. The van der Waals surface area contributed by atoms with Crippen molar-refractivity contribution in [2.75, 3.05) is 39.3 Å². The van der Waals surface area contributed by atoms with E-state index in [2.05, 4.69) is 39.5 Å². The number of carbonyl (C=O) groups is 2. The second-order valence-corrected chi connectivity index (χ2v) is 10.9. The number of nitrogens with zero attached hydrogens (tertiary/aromatic N) is 4. The lowest BCUT2D eigenvalue weighted by Gasteiger charge is -2.56. The predicted molar refractivity (Wildman–Crippen MR) is 130 cm³/mol. The van der Waals surface area contributed by atoms with Crippen LogP contribution in [0.5, 0.6) is 0 Å². The Bertz CT molecular complexity index is 1150. The summed E-state index contributed by atoms with van der Waals surface area (Å²) in [5.41, 5.74) is 9.55. The zero-order valence-corrected chi connectivity index (χ0v) is 20.1. The number of nitrogens with two attached hydrogens (primary N) is 1. The van der Waals surface area contributed by atoms with Crippen molar-refractivity contribution in [1.82, 2.24) is 24.7 Å². The van der Waals surface area contributed by atoms with Crippen LogP contribution in [0.2, 0.25) is 0 Å². The molecule has 4 aliphatic rings. The maximum absolute atomic E-state index is 13.2. The SMILES string of the molecule is NC(=O)c1nc2n(c1C[C@@H](O)CN1CCc3ccccc3C1)CC(C(=O)N1CC3(CNC3)C1)CC2. The molecule has 2 saturated heterocycles. The number of carbonyl (C=O) groups excluding carboxylic acids is 2. The third-order valence-corrected chi connectivity index (χ3v) is 8.33. The number of aromatic nitrogens is 2. The van der Waals surface area contributed by atoms with Crippen molar-refractivity contribution in [1.29, 1.82) is 0 Å². The van der Waals surface area contributed by atoms with Gasteiger partial charge in [0, 0.05) is 70.6 Å². The molecule has 1 unspecified atom stereocenters. The van der Waals surface area contributed by atoms with Gasteiger partial charge >= 0.3 is 0 Å². The number of aryl methyl sites for hydroxylation is 1. The summed E-state index contributed by atoms with van der Waals surface area (Å²) in [6, 6.07) is 8.43. The second kappa shape index (κ2) is 8.72. The maximum atomic E-state index is 13.2. The topological polar surface area (TPSA) is 117 Å². The van der Waals surface area contributed by atoms with Crippen LogP contribution in [-0.4, -0.2) is 81.6 Å². The summed E-state index contributed by atoms with van der Waals surface area (Å²) in [5, 5.41) is 14.3. The molecular formula is C26H34N6O3. The highest BCUT2D eigenvalue weighted by molar-refractivity contribution is 5.92. The minimum atomic E-state index is -0.656. The predicted octanol–water partition coefficient (Wildman–Crippen LogP) is -0.0621. The van der Waals surface area contributed by atoms with Crippen LogP contribution < -0.4 is 11.1 Å². The average Bonchev–Trinajstić information content (AvgIpc) is 3.15. The molecule has 35 heavy (non-hydrogen) atoms. The summed E-state index contributed by atoms with van der Waals surface area (Å²) >= 11 is 0. The third kappa shape index (κ3) is 4.15. The fraction of sp³-hybridized carbons (Fsp3) is 0.577. The van der Waals surface area contributed by atoms with Gasteiger partial charge in [-0.2, -0.15) is 0 Å². The van der Waals surface area contributed by atoms with Gasteiger partial charge in [0.25, 0.3) is 5.91 Å². The lowest BCUT2D eigenvalue weighted by molar-refractivity contribution is -0.152. The standard InChI is InChI=1S/C26H34N6O3/c27-24(34)23-21(9-20(33)12-30-8-7-17-3-1-2-4-18(17)10-30)32-11-19(5-6-22(32)29-23)25(35)31-15-26(16-31)13-28-14-26/h1-4,19-20,28,33H,5-16H2,(H2,27,34)/t19?,20-/m1/s1. The third-order valence-electron chi connectivity index (χ3n) is 8.33. The molecule has 4 aliphatic heterocycles. The van der Waals surface area contributed by atoms with Gasteiger partial charge in [0.05, 0.1) is 17.7 Å². The monoisotopic (exact) mass is 478 g/mol. The Balaban J connectivity index is 1.14. The molecule has 0 saturated carbocycles. The van der Waals surface area contributed by atoms with E-state index in [-0.39, 0.29) is 17.5 Å². The first-order valence-electron chi connectivity index (χ1n) is 12.8. The van der Waals surface area contributed by atoms with Crippen LogP contribution in [0.4, 0.5) is 0 Å². The highest BCUT2D eigenvalue weighted by Crippen LogP contribution is 2.36. The highest BCUT2D eigenvalue weighted by Gasteiger charge is 2.50. The number of rotatable bonds is 6. The number of aliphatic hydroxyl groups is 1. The lowest BCUT2D eigenvalue weighted by atomic mass is 9.74. The summed E-state index contributed by atoms with van der Waals surface area (Å²) in [5.74, 6) is 0.282. The number of aliphatic hydroxyl groups excluding tert-OH is 1. The summed E-state index contributed by atoms with van der Waals surface area (Å²) in [4.78, 5) is 34.2. The summed E-state index contributed by atoms with van der Waals surface area (Å²) in [6.45, 7) is 6.38. The number of hydrogen-bond acceptors (Lipinski definition) is 6. The van der Waals surface area contributed by atoms with Crippen molar-refractivity contribution in [3.8, 4) is 0 Å². The number of nitrogens with one attached hydrogen (secondary N) is 1. The molecular weight excluding hydrogens is 444 g/mol. The number of β-amino-alcohol motifs (C(OH)–C–C–N with tert-alkyl or cyclic N) is 1. The molecule has 9 nitrogen and oxygen atoms in total. The smallest absolute Gasteiger partial charge is 0.269 e. The maximum Gasteiger partial charge on any atom is 0.269 e. The lowest BCUT2D eigenvalue weighted by Crippen LogP contribution is -2.72. The van der Waals surface area contributed by atoms with Crippen LogP contribution in [0, 0.1) is 11.3 Å². The van der Waals surface area contributed by atoms with Gasteiger partial charge in [-0.15, -0.1) is 0 Å². The number of imidazole rings is 1. The molecule has 1 spiro atoms. The van der Waals surface area contributed by atoms with Gasteiger partial charge in [0.15, 0.2) is 0 Å². The minimum absolute atomic E-state index is 0.127. The minimum Gasteiger partial charge on any atom is -0.391 e. The van der Waals surface area contributed by atoms with E-state index < -0.39 is 12.0 Å². The van der Waals surface area contributed by atoms with Gasteiger partial charge in [-0.1, -0.05) is 24.3 Å². The number of hydrogen-bond donors (Lipinski definition) is 3. The van der Waals surface area contributed by atoms with Gasteiger partial charge in [-0.05, 0) is 24.0 Å². The van der Waals surface area contributed by atoms with Crippen molar-refractivity contribution >= 4 is 11.8 Å². The van der Waals surface area contributed by atoms with Crippen LogP contribution >= 0.6 is 0 Å². The summed E-state index contributed by atoms with van der Waals surface area (Å²) in [6.07, 6.45) is 1.97. The largest absolute Gasteiger partial charge is 0.391 e. The first-order valence-corrected chi connectivity index (χ1v) is 12.8. The zero-order chi connectivity index (χ0) is 24.2. The average molecular weight is 479 g/mol. The molecule has 0 radical (unpaired) electrons. The first kappa shape index (κ1) is 22.7. The Morgan fingerprint density at radius 3 is 2.69 bits per heavy atom. The van der Waals surface area contributed by atoms with E-state index in [4.69, 9.17) is 5.73 Å². The number of likely N-dealkylation sites (tertiary alicyclic amines) is 1. The molecule has 0 aliphatic carbocycles. The molecule has 1 aromatic carbocycles. The molecule has 5 heterocycles. The summed E-state index contributed by atoms with van der Waals surface area (Å²) < 4.78 is 1.99. The van der Waals surface area contributed by atoms with Crippen molar-refractivity contribution in [2.45, 2.75) is 44.9 Å². The fourth-order valence-corrected chi connectivity index (χ4v) is 6.34. The van der Waals surface area contributed by atoms with E-state index in [1.807, 2.05) is 9.47 Å². The van der Waals surface area contributed by atoms with Crippen molar-refractivity contribution in [3.05, 3.63) is 52.6 Å². The Kier molecular flexibility index (Phi) is 5.66. The van der Waals surface area contributed by atoms with Crippen LogP contribution in [0.15, 0.2) is 24.3 Å². The van der Waals surface area contributed by atoms with Gasteiger partial charge < -0.3 is 25.6 Å². The Labute approximate surface area is 205 Å².